The van der Waals surface area contributed by atoms with Crippen LogP contribution in [0, 0.1) is 0 Å². The number of benzene rings is 1. The van der Waals surface area contributed by atoms with Crippen LogP contribution >= 0.6 is 0 Å². The minimum atomic E-state index is -0.765. The van der Waals surface area contributed by atoms with Gasteiger partial charge in [0.1, 0.15) is 0 Å². The van der Waals surface area contributed by atoms with Gasteiger partial charge in [0.2, 0.25) is 5.91 Å². The van der Waals surface area contributed by atoms with E-state index in [0.29, 0.717) is 6.54 Å². The number of nitrogens with one attached hydrogen (secondary N) is 1. The van der Waals surface area contributed by atoms with Crippen molar-refractivity contribution in [2.75, 3.05) is 13.6 Å². The van der Waals surface area contributed by atoms with Crippen LogP contribution in [0.5, 0.6) is 0 Å². The molecule has 0 bridgehead atoms. The van der Waals surface area contributed by atoms with Gasteiger partial charge in [-0.2, -0.15) is 5.10 Å². The van der Waals surface area contributed by atoms with E-state index in [9.17, 15) is 9.90 Å². The summed E-state index contributed by atoms with van der Waals surface area (Å²) in [5, 5.41) is 17.8. The van der Waals surface area contributed by atoms with Crippen molar-refractivity contribution in [3.05, 3.63) is 42.1 Å². The number of nitrogens with zero attached hydrogens (tertiary/aromatic N) is 2. The Bertz CT molecular complexity index is 690. The predicted molar refractivity (Wildman–Crippen MR) is 98.0 cm³/mol. The van der Waals surface area contributed by atoms with Crippen molar-refractivity contribution in [3.63, 3.8) is 0 Å². The average molecular weight is 341 g/mol. The zero-order valence-corrected chi connectivity index (χ0v) is 14.9. The van der Waals surface area contributed by atoms with Gasteiger partial charge in [-0.25, -0.2) is 0 Å². The average Bonchev–Trinajstić information content (AvgIpc) is 3.25. The first-order valence-electron chi connectivity index (χ1n) is 9.12. The highest BCUT2D eigenvalue weighted by molar-refractivity contribution is 5.77. The lowest BCUT2D eigenvalue weighted by atomic mass is 9.97. The zero-order valence-electron chi connectivity index (χ0n) is 14.9. The lowest BCUT2D eigenvalue weighted by Gasteiger charge is -2.25. The number of carbonyl (C=O) groups excluding carboxylic acids is 1. The molecule has 1 aliphatic carbocycles. The molecule has 1 aliphatic rings. The number of aromatic nitrogens is 2. The molecule has 0 saturated heterocycles. The van der Waals surface area contributed by atoms with Crippen LogP contribution in [0.15, 0.2) is 36.4 Å². The van der Waals surface area contributed by atoms with Crippen LogP contribution in [-0.4, -0.2) is 45.3 Å². The molecule has 1 saturated carbocycles. The van der Waals surface area contributed by atoms with E-state index in [1.54, 1.807) is 4.90 Å². The molecule has 5 nitrogen and oxygen atoms in total. The van der Waals surface area contributed by atoms with Crippen LogP contribution < -0.4 is 0 Å². The number of aromatic amines is 1. The van der Waals surface area contributed by atoms with Crippen LogP contribution in [0.2, 0.25) is 0 Å². The van der Waals surface area contributed by atoms with Gasteiger partial charge < -0.3 is 10.0 Å². The van der Waals surface area contributed by atoms with Crippen LogP contribution in [0.4, 0.5) is 0 Å². The maximum atomic E-state index is 12.3. The fourth-order valence-electron chi connectivity index (χ4n) is 3.50. The van der Waals surface area contributed by atoms with Gasteiger partial charge in [-0.05, 0) is 31.7 Å². The molecule has 3 rings (SSSR count). The van der Waals surface area contributed by atoms with Gasteiger partial charge >= 0.3 is 0 Å². The highest BCUT2D eigenvalue weighted by Crippen LogP contribution is 2.32. The Labute approximate surface area is 149 Å². The van der Waals surface area contributed by atoms with Gasteiger partial charge in [0.25, 0.3) is 0 Å². The van der Waals surface area contributed by atoms with Gasteiger partial charge in [0.15, 0.2) is 0 Å². The van der Waals surface area contributed by atoms with Gasteiger partial charge in [-0.15, -0.1) is 0 Å². The van der Waals surface area contributed by atoms with Crippen LogP contribution in [0.25, 0.3) is 11.3 Å². The summed E-state index contributed by atoms with van der Waals surface area (Å²) >= 11 is 0. The van der Waals surface area contributed by atoms with E-state index in [1.807, 2.05) is 37.4 Å². The Kier molecular flexibility index (Phi) is 5.53. The Hall–Kier alpha value is -2.14. The van der Waals surface area contributed by atoms with E-state index in [1.165, 1.54) is 0 Å². The Morgan fingerprint density at radius 3 is 2.72 bits per heavy atom. The minimum absolute atomic E-state index is 0.0407. The second kappa shape index (κ2) is 7.83. The third-order valence-electron chi connectivity index (χ3n) is 5.08. The first-order valence-corrected chi connectivity index (χ1v) is 9.12. The van der Waals surface area contributed by atoms with Crippen molar-refractivity contribution >= 4 is 5.91 Å². The smallest absolute Gasteiger partial charge is 0.225 e. The predicted octanol–water partition coefficient (Wildman–Crippen LogP) is 3.16. The van der Waals surface area contributed by atoms with Crippen LogP contribution in [0.1, 0.15) is 44.2 Å². The third kappa shape index (κ3) is 4.69. The second-order valence-electron chi connectivity index (χ2n) is 7.17. The maximum Gasteiger partial charge on any atom is 0.225 e. The van der Waals surface area contributed by atoms with E-state index in [-0.39, 0.29) is 12.3 Å². The molecule has 0 aliphatic heterocycles. The van der Waals surface area contributed by atoms with Crippen molar-refractivity contribution in [2.45, 2.75) is 50.5 Å². The molecule has 0 radical (unpaired) electrons. The highest BCUT2D eigenvalue weighted by Gasteiger charge is 2.34. The molecule has 1 heterocycles. The summed E-state index contributed by atoms with van der Waals surface area (Å²) in [4.78, 5) is 14.0. The summed E-state index contributed by atoms with van der Waals surface area (Å²) in [6, 6.07) is 12.1. The fraction of sp³-hybridized carbons (Fsp3) is 0.500. The number of aryl methyl sites for hydroxylation is 1. The van der Waals surface area contributed by atoms with E-state index >= 15 is 0 Å². The molecule has 2 N–H and O–H groups in total. The summed E-state index contributed by atoms with van der Waals surface area (Å²) in [6.45, 7) is 0.689. The van der Waals surface area contributed by atoms with E-state index < -0.39 is 5.60 Å². The number of rotatable bonds is 7. The maximum absolute atomic E-state index is 12.3. The molecule has 0 atom stereocenters. The summed E-state index contributed by atoms with van der Waals surface area (Å²) in [5.41, 5.74) is 2.36. The lowest BCUT2D eigenvalue weighted by molar-refractivity contribution is -0.135. The summed E-state index contributed by atoms with van der Waals surface area (Å²) < 4.78 is 0. The lowest BCUT2D eigenvalue weighted by Crippen LogP contribution is -2.36. The Balaban J connectivity index is 1.45. The standard InChI is InChI=1S/C20H27N3O2/c1-23(19(24)15-20(25)11-5-6-12-20)13-7-10-17-14-18(22-21-17)16-8-3-2-4-9-16/h2-4,8-9,14,25H,5-7,10-13,15H2,1H3,(H,21,22). The first kappa shape index (κ1) is 17.7. The van der Waals surface area contributed by atoms with Crippen LogP contribution in [-0.2, 0) is 11.2 Å². The number of hydrogen-bond acceptors (Lipinski definition) is 3. The molecule has 2 aromatic rings. The Morgan fingerprint density at radius 2 is 2.00 bits per heavy atom. The normalized spacial score (nSPS) is 16.1. The van der Waals surface area contributed by atoms with Crippen molar-refractivity contribution < 1.29 is 9.90 Å². The molecule has 1 aromatic carbocycles. The molecule has 1 amide bonds. The van der Waals surface area contributed by atoms with Crippen molar-refractivity contribution in [1.29, 1.82) is 0 Å². The highest BCUT2D eigenvalue weighted by atomic mass is 16.3. The van der Waals surface area contributed by atoms with E-state index in [2.05, 4.69) is 16.3 Å². The van der Waals surface area contributed by atoms with Crippen molar-refractivity contribution in [1.82, 2.24) is 15.1 Å². The molecule has 0 unspecified atom stereocenters. The van der Waals surface area contributed by atoms with E-state index in [0.717, 1.165) is 55.5 Å². The summed E-state index contributed by atoms with van der Waals surface area (Å²) in [5.74, 6) is 0.0407. The second-order valence-corrected chi connectivity index (χ2v) is 7.17. The fourth-order valence-corrected chi connectivity index (χ4v) is 3.50. The molecule has 0 spiro atoms. The van der Waals surface area contributed by atoms with Gasteiger partial charge in [0, 0.05) is 24.8 Å². The van der Waals surface area contributed by atoms with Crippen molar-refractivity contribution in [3.8, 4) is 11.3 Å². The summed E-state index contributed by atoms with van der Waals surface area (Å²) in [7, 11) is 1.82. The molecular formula is C20H27N3O2. The molecule has 1 aromatic heterocycles. The quantitative estimate of drug-likeness (QED) is 0.813. The molecule has 25 heavy (non-hydrogen) atoms. The number of amides is 1. The molecule has 1 fully saturated rings. The van der Waals surface area contributed by atoms with E-state index in [4.69, 9.17) is 0 Å². The zero-order chi connectivity index (χ0) is 17.7. The number of hydrogen-bond donors (Lipinski definition) is 2. The van der Waals surface area contributed by atoms with Gasteiger partial charge in [-0.3, -0.25) is 9.89 Å². The molecule has 134 valence electrons. The number of carbonyl (C=O) groups is 1. The Morgan fingerprint density at radius 1 is 1.28 bits per heavy atom. The number of aliphatic hydroxyl groups is 1. The van der Waals surface area contributed by atoms with Crippen LogP contribution in [0.3, 0.4) is 0 Å². The monoisotopic (exact) mass is 341 g/mol. The third-order valence-corrected chi connectivity index (χ3v) is 5.08. The molecule has 5 heteroatoms. The minimum Gasteiger partial charge on any atom is -0.389 e. The SMILES string of the molecule is CN(CCCc1cc(-c2ccccc2)n[nH]1)C(=O)CC1(O)CCCC1. The topological polar surface area (TPSA) is 69.2 Å². The first-order chi connectivity index (χ1) is 12.1. The van der Waals surface area contributed by atoms with Gasteiger partial charge in [-0.1, -0.05) is 43.2 Å². The van der Waals surface area contributed by atoms with Gasteiger partial charge in [0.05, 0.1) is 17.7 Å². The largest absolute Gasteiger partial charge is 0.389 e. The van der Waals surface area contributed by atoms with Crippen molar-refractivity contribution in [2.24, 2.45) is 0 Å². The molecular weight excluding hydrogens is 314 g/mol. The number of H-pyrrole nitrogens is 1. The summed E-state index contributed by atoms with van der Waals surface area (Å²) in [6.07, 6.45) is 5.53.